The molecule has 108 valence electrons. The molecule has 0 saturated heterocycles. The lowest BCUT2D eigenvalue weighted by Crippen LogP contribution is -2.37. The van der Waals surface area contributed by atoms with Gasteiger partial charge in [-0.25, -0.2) is 0 Å². The average Bonchev–Trinajstić information content (AvgIpc) is 2.87. The molecular weight excluding hydrogens is 234 g/mol. The molecule has 0 aromatic carbocycles. The highest BCUT2D eigenvalue weighted by molar-refractivity contribution is 5.12. The number of rotatable bonds is 6. The normalized spacial score (nSPS) is 18.7. The van der Waals surface area contributed by atoms with Gasteiger partial charge in [0.25, 0.3) is 0 Å². The average molecular weight is 263 g/mol. The van der Waals surface area contributed by atoms with E-state index in [4.69, 9.17) is 0 Å². The van der Waals surface area contributed by atoms with Gasteiger partial charge in [0.15, 0.2) is 0 Å². The first-order chi connectivity index (χ1) is 9.28. The van der Waals surface area contributed by atoms with Gasteiger partial charge in [0.05, 0.1) is 5.69 Å². The predicted octanol–water partition coefficient (Wildman–Crippen LogP) is 3.18. The highest BCUT2D eigenvalue weighted by atomic mass is 15.3. The second-order valence-electron chi connectivity index (χ2n) is 5.79. The molecule has 1 unspecified atom stereocenters. The molecule has 1 heterocycles. The van der Waals surface area contributed by atoms with Crippen molar-refractivity contribution in [3.05, 3.63) is 17.5 Å². The van der Waals surface area contributed by atoms with Gasteiger partial charge in [0.2, 0.25) is 0 Å². The molecule has 1 aromatic rings. The second kappa shape index (κ2) is 7.09. The standard InChI is InChI=1S/C16H29N3/c1-4-14-11-15(19(5-2)18-14)12-16(17-3)13-9-7-6-8-10-13/h11,13,16-17H,4-10,12H2,1-3H3. The summed E-state index contributed by atoms with van der Waals surface area (Å²) in [5.41, 5.74) is 2.64. The van der Waals surface area contributed by atoms with Crippen LogP contribution in [0.4, 0.5) is 0 Å². The van der Waals surface area contributed by atoms with Crippen LogP contribution >= 0.6 is 0 Å². The molecule has 19 heavy (non-hydrogen) atoms. The number of aromatic nitrogens is 2. The third-order valence-corrected chi connectivity index (χ3v) is 4.59. The van der Waals surface area contributed by atoms with E-state index in [0.717, 1.165) is 25.3 Å². The Bertz CT molecular complexity index is 377. The lowest BCUT2D eigenvalue weighted by molar-refractivity contribution is 0.273. The molecule has 0 radical (unpaired) electrons. The van der Waals surface area contributed by atoms with Gasteiger partial charge < -0.3 is 5.32 Å². The van der Waals surface area contributed by atoms with Gasteiger partial charge in [-0.1, -0.05) is 26.2 Å². The zero-order valence-corrected chi connectivity index (χ0v) is 12.8. The summed E-state index contributed by atoms with van der Waals surface area (Å²) in [6, 6.07) is 2.92. The first-order valence-electron chi connectivity index (χ1n) is 8.01. The molecule has 1 aliphatic rings. The summed E-state index contributed by atoms with van der Waals surface area (Å²) in [7, 11) is 2.12. The van der Waals surface area contributed by atoms with Gasteiger partial charge in [-0.15, -0.1) is 0 Å². The molecule has 2 rings (SSSR count). The molecule has 1 atom stereocenters. The second-order valence-corrected chi connectivity index (χ2v) is 5.79. The molecular formula is C16H29N3. The summed E-state index contributed by atoms with van der Waals surface area (Å²) >= 11 is 0. The summed E-state index contributed by atoms with van der Waals surface area (Å²) in [5.74, 6) is 0.851. The van der Waals surface area contributed by atoms with Gasteiger partial charge in [0.1, 0.15) is 0 Å². The zero-order chi connectivity index (χ0) is 13.7. The fourth-order valence-corrected chi connectivity index (χ4v) is 3.39. The Kier molecular flexibility index (Phi) is 5.44. The molecule has 0 spiro atoms. The van der Waals surface area contributed by atoms with Gasteiger partial charge in [-0.3, -0.25) is 4.68 Å². The van der Waals surface area contributed by atoms with Gasteiger partial charge >= 0.3 is 0 Å². The minimum Gasteiger partial charge on any atom is -0.316 e. The van der Waals surface area contributed by atoms with Crippen LogP contribution in [0.1, 0.15) is 57.3 Å². The number of nitrogens with one attached hydrogen (secondary N) is 1. The SMILES string of the molecule is CCc1cc(CC(NC)C2CCCCC2)n(CC)n1. The maximum atomic E-state index is 4.67. The summed E-state index contributed by atoms with van der Waals surface area (Å²) in [5, 5.41) is 8.23. The van der Waals surface area contributed by atoms with Crippen molar-refractivity contribution in [1.82, 2.24) is 15.1 Å². The Morgan fingerprint density at radius 2 is 2.05 bits per heavy atom. The Hall–Kier alpha value is -0.830. The summed E-state index contributed by atoms with van der Waals surface area (Å²) in [6.07, 6.45) is 9.21. The monoisotopic (exact) mass is 263 g/mol. The van der Waals surface area contributed by atoms with Crippen molar-refractivity contribution in [1.29, 1.82) is 0 Å². The van der Waals surface area contributed by atoms with Crippen molar-refractivity contribution in [3.63, 3.8) is 0 Å². The Morgan fingerprint density at radius 3 is 2.63 bits per heavy atom. The molecule has 0 amide bonds. The van der Waals surface area contributed by atoms with Crippen molar-refractivity contribution in [2.75, 3.05) is 7.05 Å². The number of hydrogen-bond acceptors (Lipinski definition) is 2. The highest BCUT2D eigenvalue weighted by Gasteiger charge is 2.23. The van der Waals surface area contributed by atoms with E-state index in [1.807, 2.05) is 0 Å². The molecule has 1 aromatic heterocycles. The lowest BCUT2D eigenvalue weighted by Gasteiger charge is -2.30. The van der Waals surface area contributed by atoms with Crippen LogP contribution in [-0.2, 0) is 19.4 Å². The Balaban J connectivity index is 2.06. The van der Waals surface area contributed by atoms with Crippen LogP contribution in [0.15, 0.2) is 6.07 Å². The zero-order valence-electron chi connectivity index (χ0n) is 12.8. The van der Waals surface area contributed by atoms with Crippen molar-refractivity contribution in [2.24, 2.45) is 5.92 Å². The van der Waals surface area contributed by atoms with Crippen LogP contribution in [0.5, 0.6) is 0 Å². The van der Waals surface area contributed by atoms with E-state index in [0.29, 0.717) is 6.04 Å². The molecule has 0 bridgehead atoms. The van der Waals surface area contributed by atoms with Crippen LogP contribution in [0.25, 0.3) is 0 Å². The van der Waals surface area contributed by atoms with Crippen LogP contribution < -0.4 is 5.32 Å². The molecule has 1 N–H and O–H groups in total. The number of likely N-dealkylation sites (N-methyl/N-ethyl adjacent to an activating group) is 1. The van der Waals surface area contributed by atoms with E-state index in [2.05, 4.69) is 42.1 Å². The summed E-state index contributed by atoms with van der Waals surface area (Å²) in [6.45, 7) is 5.35. The van der Waals surface area contributed by atoms with E-state index >= 15 is 0 Å². The van der Waals surface area contributed by atoms with Gasteiger partial charge in [-0.05, 0) is 45.2 Å². The predicted molar refractivity (Wildman–Crippen MR) is 80.4 cm³/mol. The molecule has 1 fully saturated rings. The fraction of sp³-hybridized carbons (Fsp3) is 0.812. The van der Waals surface area contributed by atoms with Gasteiger partial charge in [-0.2, -0.15) is 5.10 Å². The number of hydrogen-bond donors (Lipinski definition) is 1. The summed E-state index contributed by atoms with van der Waals surface area (Å²) in [4.78, 5) is 0. The Morgan fingerprint density at radius 1 is 1.32 bits per heavy atom. The number of nitrogens with zero attached hydrogens (tertiary/aromatic N) is 2. The highest BCUT2D eigenvalue weighted by Crippen LogP contribution is 2.28. The fourth-order valence-electron chi connectivity index (χ4n) is 3.39. The van der Waals surface area contributed by atoms with Crippen molar-refractivity contribution in [3.8, 4) is 0 Å². The van der Waals surface area contributed by atoms with E-state index in [-0.39, 0.29) is 0 Å². The minimum atomic E-state index is 0.618. The van der Waals surface area contributed by atoms with Crippen LogP contribution in [0.2, 0.25) is 0 Å². The molecule has 1 saturated carbocycles. The topological polar surface area (TPSA) is 29.9 Å². The maximum Gasteiger partial charge on any atom is 0.0624 e. The molecule has 1 aliphatic carbocycles. The van der Waals surface area contributed by atoms with Crippen LogP contribution in [0.3, 0.4) is 0 Å². The maximum absolute atomic E-state index is 4.67. The third-order valence-electron chi connectivity index (χ3n) is 4.59. The quantitative estimate of drug-likeness (QED) is 0.854. The number of aryl methyl sites for hydroxylation is 2. The van der Waals surface area contributed by atoms with Crippen molar-refractivity contribution >= 4 is 0 Å². The first-order valence-corrected chi connectivity index (χ1v) is 8.01. The summed E-state index contributed by atoms with van der Waals surface area (Å²) < 4.78 is 2.19. The first kappa shape index (κ1) is 14.6. The molecule has 0 aliphatic heterocycles. The van der Waals surface area contributed by atoms with E-state index in [9.17, 15) is 0 Å². The van der Waals surface area contributed by atoms with Crippen LogP contribution in [0, 0.1) is 5.92 Å². The van der Waals surface area contributed by atoms with E-state index in [1.54, 1.807) is 0 Å². The van der Waals surface area contributed by atoms with E-state index in [1.165, 1.54) is 43.5 Å². The lowest BCUT2D eigenvalue weighted by atomic mass is 9.82. The van der Waals surface area contributed by atoms with E-state index < -0.39 is 0 Å². The Labute approximate surface area is 117 Å². The third kappa shape index (κ3) is 3.59. The minimum absolute atomic E-state index is 0.618. The smallest absolute Gasteiger partial charge is 0.0624 e. The van der Waals surface area contributed by atoms with Crippen LogP contribution in [-0.4, -0.2) is 22.9 Å². The van der Waals surface area contributed by atoms with Crippen molar-refractivity contribution < 1.29 is 0 Å². The van der Waals surface area contributed by atoms with Crippen molar-refractivity contribution in [2.45, 2.75) is 71.4 Å². The molecule has 3 heteroatoms. The molecule has 3 nitrogen and oxygen atoms in total. The largest absolute Gasteiger partial charge is 0.316 e. The van der Waals surface area contributed by atoms with Gasteiger partial charge in [0, 0.05) is 24.7 Å².